The number of hydrogen-bond donors (Lipinski definition) is 0. The average molecular weight is 422 g/mol. The molecule has 0 fully saturated rings. The van der Waals surface area contributed by atoms with Gasteiger partial charge < -0.3 is 23.4 Å². The van der Waals surface area contributed by atoms with Gasteiger partial charge in [0.2, 0.25) is 0 Å². The molecule has 0 atom stereocenters. The number of ether oxygens (including phenoxy) is 4. The third kappa shape index (κ3) is 4.61. The van der Waals surface area contributed by atoms with E-state index >= 15 is 0 Å². The number of rotatable bonds is 8. The smallest absolute Gasteiger partial charge is 0.347 e. The average Bonchev–Trinajstić information content (AvgIpc) is 2.81. The Morgan fingerprint density at radius 2 is 1.68 bits per heavy atom. The fourth-order valence-electron chi connectivity index (χ4n) is 3.05. The van der Waals surface area contributed by atoms with Crippen molar-refractivity contribution in [2.45, 2.75) is 6.61 Å². The summed E-state index contributed by atoms with van der Waals surface area (Å²) in [6.45, 7) is 3.85. The number of hydrogen-bond acceptors (Lipinski definition) is 7. The first-order chi connectivity index (χ1) is 15.0. The number of carbonyl (C=O) groups is 1. The lowest BCUT2D eigenvalue weighted by molar-refractivity contribution is 0.0601. The van der Waals surface area contributed by atoms with E-state index in [9.17, 15) is 9.59 Å². The highest BCUT2D eigenvalue weighted by Gasteiger charge is 2.24. The summed E-state index contributed by atoms with van der Waals surface area (Å²) < 4.78 is 26.8. The number of methoxy groups -OCH3 is 3. The Kier molecular flexibility index (Phi) is 6.77. The summed E-state index contributed by atoms with van der Waals surface area (Å²) in [5, 5.41) is 0. The van der Waals surface area contributed by atoms with Crippen LogP contribution in [0.4, 0.5) is 0 Å². The lowest BCUT2D eigenvalue weighted by Gasteiger charge is -2.16. The van der Waals surface area contributed by atoms with Crippen molar-refractivity contribution in [3.8, 4) is 28.4 Å². The van der Waals surface area contributed by atoms with Crippen molar-refractivity contribution in [3.63, 3.8) is 0 Å². The first-order valence-electron chi connectivity index (χ1n) is 9.34. The Morgan fingerprint density at radius 3 is 2.29 bits per heavy atom. The first-order valence-corrected chi connectivity index (χ1v) is 9.34. The minimum atomic E-state index is -0.696. The zero-order chi connectivity index (χ0) is 22.4. The van der Waals surface area contributed by atoms with Gasteiger partial charge in [-0.3, -0.25) is 0 Å². The molecule has 3 rings (SSSR count). The Hall–Kier alpha value is -4.00. The Morgan fingerprint density at radius 1 is 1.00 bits per heavy atom. The van der Waals surface area contributed by atoms with E-state index in [1.807, 2.05) is 30.3 Å². The molecule has 2 aromatic carbocycles. The van der Waals surface area contributed by atoms with Crippen molar-refractivity contribution in [1.82, 2.24) is 0 Å². The van der Waals surface area contributed by atoms with Gasteiger partial charge in [-0.25, -0.2) is 9.59 Å². The molecule has 0 unspecified atom stereocenters. The lowest BCUT2D eigenvalue weighted by atomic mass is 9.99. The van der Waals surface area contributed by atoms with Gasteiger partial charge >= 0.3 is 11.6 Å². The first kappa shape index (κ1) is 21.7. The van der Waals surface area contributed by atoms with Crippen LogP contribution in [0.1, 0.15) is 21.7 Å². The predicted octanol–water partition coefficient (Wildman–Crippen LogP) is 4.33. The Bertz CT molecular complexity index is 1150. The summed E-state index contributed by atoms with van der Waals surface area (Å²) >= 11 is 0. The monoisotopic (exact) mass is 422 g/mol. The highest BCUT2D eigenvalue weighted by atomic mass is 16.5. The van der Waals surface area contributed by atoms with Crippen molar-refractivity contribution in [2.24, 2.45) is 0 Å². The fourth-order valence-corrected chi connectivity index (χ4v) is 3.05. The molecular weight excluding hydrogens is 400 g/mol. The highest BCUT2D eigenvalue weighted by Crippen LogP contribution is 2.38. The molecule has 1 heterocycles. The summed E-state index contributed by atoms with van der Waals surface area (Å²) in [7, 11) is 4.15. The van der Waals surface area contributed by atoms with Crippen LogP contribution in [-0.4, -0.2) is 27.3 Å². The topological polar surface area (TPSA) is 84.2 Å². The van der Waals surface area contributed by atoms with Gasteiger partial charge in [0, 0.05) is 11.6 Å². The van der Waals surface area contributed by atoms with Gasteiger partial charge in [-0.1, -0.05) is 36.9 Å². The largest absolute Gasteiger partial charge is 0.493 e. The van der Waals surface area contributed by atoms with E-state index in [1.165, 1.54) is 39.5 Å². The normalized spacial score (nSPS) is 10.3. The van der Waals surface area contributed by atoms with E-state index in [1.54, 1.807) is 6.07 Å². The van der Waals surface area contributed by atoms with Crippen molar-refractivity contribution >= 4 is 12.0 Å². The van der Waals surface area contributed by atoms with E-state index in [2.05, 4.69) is 6.58 Å². The predicted molar refractivity (Wildman–Crippen MR) is 116 cm³/mol. The van der Waals surface area contributed by atoms with Gasteiger partial charge in [-0.2, -0.15) is 0 Å². The molecule has 0 aliphatic rings. The van der Waals surface area contributed by atoms with Crippen LogP contribution in [-0.2, 0) is 11.3 Å². The van der Waals surface area contributed by atoms with Gasteiger partial charge in [-0.15, -0.1) is 0 Å². The van der Waals surface area contributed by atoms with Crippen LogP contribution in [0.25, 0.3) is 17.2 Å². The minimum Gasteiger partial charge on any atom is -0.493 e. The van der Waals surface area contributed by atoms with Crippen molar-refractivity contribution in [2.75, 3.05) is 21.3 Å². The van der Waals surface area contributed by atoms with Gasteiger partial charge in [0.25, 0.3) is 0 Å². The van der Waals surface area contributed by atoms with Crippen LogP contribution < -0.4 is 19.8 Å². The molecule has 0 aliphatic heterocycles. The molecule has 7 heteroatoms. The zero-order valence-corrected chi connectivity index (χ0v) is 17.5. The minimum absolute atomic E-state index is 0.0582. The van der Waals surface area contributed by atoms with Crippen molar-refractivity contribution < 1.29 is 28.2 Å². The van der Waals surface area contributed by atoms with Crippen LogP contribution in [0.3, 0.4) is 0 Å². The molecule has 0 saturated heterocycles. The molecular formula is C24H22O7. The maximum absolute atomic E-state index is 12.9. The molecule has 0 N–H and O–H groups in total. The molecule has 0 spiro atoms. The fraction of sp³-hybridized carbons (Fsp3) is 0.167. The van der Waals surface area contributed by atoms with E-state index in [-0.39, 0.29) is 34.8 Å². The van der Waals surface area contributed by atoms with Crippen molar-refractivity contribution in [3.05, 3.63) is 82.4 Å². The van der Waals surface area contributed by atoms with Crippen molar-refractivity contribution in [1.29, 1.82) is 0 Å². The van der Waals surface area contributed by atoms with Crippen LogP contribution in [0, 0.1) is 0 Å². The summed E-state index contributed by atoms with van der Waals surface area (Å²) in [6, 6.07) is 14.0. The Balaban J connectivity index is 2.22. The summed E-state index contributed by atoms with van der Waals surface area (Å²) in [6.07, 6.45) is 1.40. The van der Waals surface area contributed by atoms with E-state index in [0.717, 1.165) is 5.56 Å². The Labute approximate surface area is 179 Å². The molecule has 3 aromatic rings. The van der Waals surface area contributed by atoms with Gasteiger partial charge in [-0.05, 0) is 23.8 Å². The second-order valence-electron chi connectivity index (χ2n) is 6.40. The molecule has 0 bridgehead atoms. The molecule has 0 saturated carbocycles. The number of benzene rings is 2. The maximum atomic E-state index is 12.9. The molecule has 0 amide bonds. The quantitative estimate of drug-likeness (QED) is 0.500. The summed E-state index contributed by atoms with van der Waals surface area (Å²) in [5.74, 6) is 0.443. The van der Waals surface area contributed by atoms with Crippen LogP contribution in [0.2, 0.25) is 0 Å². The number of carbonyl (C=O) groups excluding carboxylic acids is 1. The molecule has 0 radical (unpaired) electrons. The standard InChI is InChI=1S/C24H22O7/c1-5-16-11-21(30-14-15-9-7-6-8-10-15)22(24(26)31-16)17-12-19(27-2)20(28-3)13-18(17)23(25)29-4/h5-13H,1,14H2,2-4H3. The van der Waals surface area contributed by atoms with E-state index in [4.69, 9.17) is 23.4 Å². The van der Waals surface area contributed by atoms with Gasteiger partial charge in [0.1, 0.15) is 23.7 Å². The molecule has 160 valence electrons. The van der Waals surface area contributed by atoms with Crippen LogP contribution in [0.5, 0.6) is 17.2 Å². The SMILES string of the molecule is C=Cc1cc(OCc2ccccc2)c(-c2cc(OC)c(OC)cc2C(=O)OC)c(=O)o1. The molecule has 0 aliphatic carbocycles. The molecule has 7 nitrogen and oxygen atoms in total. The second-order valence-corrected chi connectivity index (χ2v) is 6.40. The second kappa shape index (κ2) is 9.67. The third-order valence-corrected chi connectivity index (χ3v) is 4.57. The van der Waals surface area contributed by atoms with Gasteiger partial charge in [0.15, 0.2) is 11.5 Å². The van der Waals surface area contributed by atoms with E-state index < -0.39 is 11.6 Å². The maximum Gasteiger partial charge on any atom is 0.347 e. The summed E-state index contributed by atoms with van der Waals surface area (Å²) in [4.78, 5) is 25.4. The highest BCUT2D eigenvalue weighted by molar-refractivity contribution is 5.99. The number of esters is 1. The zero-order valence-electron chi connectivity index (χ0n) is 17.5. The lowest BCUT2D eigenvalue weighted by Crippen LogP contribution is -2.12. The van der Waals surface area contributed by atoms with Crippen LogP contribution >= 0.6 is 0 Å². The van der Waals surface area contributed by atoms with Crippen LogP contribution in [0.15, 0.2) is 64.3 Å². The van der Waals surface area contributed by atoms with E-state index in [0.29, 0.717) is 11.5 Å². The summed E-state index contributed by atoms with van der Waals surface area (Å²) in [5.41, 5.74) is 0.600. The van der Waals surface area contributed by atoms with Gasteiger partial charge in [0.05, 0.1) is 26.9 Å². The molecule has 1 aromatic heterocycles. The third-order valence-electron chi connectivity index (χ3n) is 4.57. The molecule has 31 heavy (non-hydrogen) atoms.